The van der Waals surface area contributed by atoms with Crippen molar-refractivity contribution >= 4 is 11.6 Å². The standard InChI is InChI=1S/C22H24N4O3/c1-14(2)13-29-17-10-8-16(9-11-17)19-12-20(25-24-19)22(28)26-23-15(3)18-6-4-5-7-21(18)27/h4-12,14,27H,13H2,1-3H3,(H,24,25)(H,26,28). The number of nitrogens with zero attached hydrogens (tertiary/aromatic N) is 2. The van der Waals surface area contributed by atoms with Gasteiger partial charge in [-0.05, 0) is 55.3 Å². The van der Waals surface area contributed by atoms with Crippen molar-refractivity contribution in [3.63, 3.8) is 0 Å². The van der Waals surface area contributed by atoms with Crippen molar-refractivity contribution in [3.05, 3.63) is 65.9 Å². The highest BCUT2D eigenvalue weighted by atomic mass is 16.5. The monoisotopic (exact) mass is 392 g/mol. The average molecular weight is 392 g/mol. The van der Waals surface area contributed by atoms with Crippen LogP contribution in [0.15, 0.2) is 59.7 Å². The Morgan fingerprint density at radius 1 is 1.21 bits per heavy atom. The summed E-state index contributed by atoms with van der Waals surface area (Å²) in [4.78, 5) is 12.3. The molecule has 0 saturated carbocycles. The zero-order valence-corrected chi connectivity index (χ0v) is 16.6. The molecule has 3 N–H and O–H groups in total. The Labute approximate surface area is 169 Å². The van der Waals surface area contributed by atoms with Gasteiger partial charge < -0.3 is 9.84 Å². The Bertz CT molecular complexity index is 1010. The molecule has 29 heavy (non-hydrogen) atoms. The lowest BCUT2D eigenvalue weighted by Gasteiger charge is -2.08. The summed E-state index contributed by atoms with van der Waals surface area (Å²) >= 11 is 0. The number of rotatable bonds is 7. The second-order valence-corrected chi connectivity index (χ2v) is 7.05. The number of aromatic nitrogens is 2. The van der Waals surface area contributed by atoms with Crippen LogP contribution >= 0.6 is 0 Å². The van der Waals surface area contributed by atoms with E-state index < -0.39 is 5.91 Å². The van der Waals surface area contributed by atoms with Crippen molar-refractivity contribution in [2.24, 2.45) is 11.0 Å². The van der Waals surface area contributed by atoms with Crippen LogP contribution in [0, 0.1) is 5.92 Å². The second kappa shape index (κ2) is 9.05. The van der Waals surface area contributed by atoms with Crippen LogP contribution in [0.5, 0.6) is 11.5 Å². The molecule has 0 saturated heterocycles. The molecule has 0 aliphatic carbocycles. The van der Waals surface area contributed by atoms with Crippen molar-refractivity contribution in [2.75, 3.05) is 6.61 Å². The summed E-state index contributed by atoms with van der Waals surface area (Å²) in [6.45, 7) is 6.56. The molecule has 0 aliphatic heterocycles. The minimum atomic E-state index is -0.421. The molecule has 150 valence electrons. The van der Waals surface area contributed by atoms with Crippen molar-refractivity contribution in [1.82, 2.24) is 15.6 Å². The Balaban J connectivity index is 1.65. The molecule has 0 aliphatic rings. The molecule has 0 unspecified atom stereocenters. The number of benzene rings is 2. The fourth-order valence-electron chi connectivity index (χ4n) is 2.61. The number of phenolic OH excluding ortho intramolecular Hbond substituents is 1. The highest BCUT2D eigenvalue weighted by molar-refractivity contribution is 6.02. The molecule has 3 aromatic rings. The van der Waals surface area contributed by atoms with Gasteiger partial charge in [-0.25, -0.2) is 5.43 Å². The van der Waals surface area contributed by atoms with Crippen molar-refractivity contribution in [2.45, 2.75) is 20.8 Å². The lowest BCUT2D eigenvalue weighted by atomic mass is 10.1. The summed E-state index contributed by atoms with van der Waals surface area (Å²) in [7, 11) is 0. The first kappa shape index (κ1) is 20.1. The average Bonchev–Trinajstić information content (AvgIpc) is 3.21. The number of hydrogen-bond acceptors (Lipinski definition) is 5. The van der Waals surface area contributed by atoms with Crippen LogP contribution < -0.4 is 10.2 Å². The fourth-order valence-corrected chi connectivity index (χ4v) is 2.61. The zero-order valence-electron chi connectivity index (χ0n) is 16.6. The molecular formula is C22H24N4O3. The van der Waals surface area contributed by atoms with E-state index in [9.17, 15) is 9.90 Å². The van der Waals surface area contributed by atoms with Gasteiger partial charge in [0.15, 0.2) is 0 Å². The summed E-state index contributed by atoms with van der Waals surface area (Å²) in [5.74, 6) is 0.937. The molecular weight excluding hydrogens is 368 g/mol. The molecule has 1 aromatic heterocycles. The van der Waals surface area contributed by atoms with Gasteiger partial charge in [0.1, 0.15) is 17.2 Å². The smallest absolute Gasteiger partial charge is 0.289 e. The molecule has 3 rings (SSSR count). The van der Waals surface area contributed by atoms with Crippen LogP contribution in [0.25, 0.3) is 11.3 Å². The quantitative estimate of drug-likeness (QED) is 0.418. The number of hydrogen-bond donors (Lipinski definition) is 3. The summed E-state index contributed by atoms with van der Waals surface area (Å²) in [5.41, 5.74) is 5.32. The Morgan fingerprint density at radius 3 is 2.62 bits per heavy atom. The Hall–Kier alpha value is -3.61. The van der Waals surface area contributed by atoms with Gasteiger partial charge in [0.2, 0.25) is 0 Å². The third-order valence-corrected chi connectivity index (χ3v) is 4.17. The maximum atomic E-state index is 12.3. The first-order valence-corrected chi connectivity index (χ1v) is 9.35. The van der Waals surface area contributed by atoms with Gasteiger partial charge in [-0.1, -0.05) is 26.0 Å². The largest absolute Gasteiger partial charge is 0.507 e. The molecule has 0 spiro atoms. The lowest BCUT2D eigenvalue weighted by molar-refractivity contribution is 0.0950. The number of nitrogens with one attached hydrogen (secondary N) is 2. The van der Waals surface area contributed by atoms with E-state index in [0.29, 0.717) is 29.5 Å². The number of carbonyl (C=O) groups is 1. The van der Waals surface area contributed by atoms with E-state index in [-0.39, 0.29) is 11.4 Å². The van der Waals surface area contributed by atoms with Crippen LogP contribution in [0.2, 0.25) is 0 Å². The SMILES string of the molecule is CC(=NNC(=O)c1cc(-c2ccc(OCC(C)C)cc2)n[nH]1)c1ccccc1O. The maximum Gasteiger partial charge on any atom is 0.289 e. The number of H-pyrrole nitrogens is 1. The first-order valence-electron chi connectivity index (χ1n) is 9.35. The minimum Gasteiger partial charge on any atom is -0.507 e. The van der Waals surface area contributed by atoms with Crippen molar-refractivity contribution in [1.29, 1.82) is 0 Å². The second-order valence-electron chi connectivity index (χ2n) is 7.05. The molecule has 0 fully saturated rings. The van der Waals surface area contributed by atoms with Gasteiger partial charge in [-0.3, -0.25) is 9.89 Å². The Kier molecular flexibility index (Phi) is 6.29. The number of ether oxygens (including phenoxy) is 1. The van der Waals surface area contributed by atoms with Crippen molar-refractivity contribution in [3.8, 4) is 22.8 Å². The van der Waals surface area contributed by atoms with Gasteiger partial charge >= 0.3 is 0 Å². The highest BCUT2D eigenvalue weighted by Gasteiger charge is 2.12. The predicted octanol–water partition coefficient (Wildman–Crippen LogP) is 3.97. The molecule has 2 aromatic carbocycles. The number of aromatic amines is 1. The van der Waals surface area contributed by atoms with Crippen LogP contribution in [-0.2, 0) is 0 Å². The van der Waals surface area contributed by atoms with E-state index in [1.807, 2.05) is 24.3 Å². The Morgan fingerprint density at radius 2 is 1.93 bits per heavy atom. The third-order valence-electron chi connectivity index (χ3n) is 4.17. The zero-order chi connectivity index (χ0) is 20.8. The normalized spacial score (nSPS) is 11.5. The van der Waals surface area contributed by atoms with Gasteiger partial charge in [0.25, 0.3) is 5.91 Å². The van der Waals surface area contributed by atoms with E-state index in [0.717, 1.165) is 11.3 Å². The van der Waals surface area contributed by atoms with Gasteiger partial charge in [0.05, 0.1) is 18.0 Å². The number of para-hydroxylation sites is 1. The van der Waals surface area contributed by atoms with Crippen LogP contribution in [0.3, 0.4) is 0 Å². The molecule has 0 atom stereocenters. The van der Waals surface area contributed by atoms with Crippen LogP contribution in [0.4, 0.5) is 0 Å². The summed E-state index contributed by atoms with van der Waals surface area (Å²) in [5, 5.41) is 20.8. The summed E-state index contributed by atoms with van der Waals surface area (Å²) in [6.07, 6.45) is 0. The topological polar surface area (TPSA) is 99.6 Å². The number of aromatic hydroxyl groups is 1. The first-order chi connectivity index (χ1) is 13.9. The van der Waals surface area contributed by atoms with E-state index >= 15 is 0 Å². The predicted molar refractivity (Wildman–Crippen MR) is 112 cm³/mol. The molecule has 0 bridgehead atoms. The van der Waals surface area contributed by atoms with E-state index in [4.69, 9.17) is 4.74 Å². The molecule has 1 amide bonds. The number of hydrazone groups is 1. The number of amides is 1. The van der Waals surface area contributed by atoms with Crippen LogP contribution in [0.1, 0.15) is 36.8 Å². The summed E-state index contributed by atoms with van der Waals surface area (Å²) < 4.78 is 5.68. The van der Waals surface area contributed by atoms with Crippen molar-refractivity contribution < 1.29 is 14.6 Å². The number of phenols is 1. The maximum absolute atomic E-state index is 12.3. The highest BCUT2D eigenvalue weighted by Crippen LogP contribution is 2.22. The lowest BCUT2D eigenvalue weighted by Crippen LogP contribution is -2.19. The molecule has 1 heterocycles. The molecule has 0 radical (unpaired) electrons. The minimum absolute atomic E-state index is 0.104. The van der Waals surface area contributed by atoms with Crippen LogP contribution in [-0.4, -0.2) is 33.5 Å². The van der Waals surface area contributed by atoms with E-state index in [1.165, 1.54) is 0 Å². The van der Waals surface area contributed by atoms with Gasteiger partial charge in [-0.15, -0.1) is 0 Å². The van der Waals surface area contributed by atoms with Gasteiger partial charge in [0, 0.05) is 11.1 Å². The molecule has 7 heteroatoms. The number of carbonyl (C=O) groups excluding carboxylic acids is 1. The van der Waals surface area contributed by atoms with Gasteiger partial charge in [-0.2, -0.15) is 10.2 Å². The third kappa shape index (κ3) is 5.22. The summed E-state index contributed by atoms with van der Waals surface area (Å²) in [6, 6.07) is 16.0. The van der Waals surface area contributed by atoms with E-state index in [2.05, 4.69) is 34.6 Å². The molecule has 7 nitrogen and oxygen atoms in total. The fraction of sp³-hybridized carbons (Fsp3) is 0.227. The van der Waals surface area contributed by atoms with E-state index in [1.54, 1.807) is 37.3 Å².